The average molecular weight is 446 g/mol. The minimum absolute atomic E-state index is 0.00495. The molecule has 0 fully saturated rings. The molecule has 1 atom stereocenters. The summed E-state index contributed by atoms with van der Waals surface area (Å²) in [6, 6.07) is 7.33. The van der Waals surface area contributed by atoms with Crippen LogP contribution >= 0.6 is 27.5 Å². The summed E-state index contributed by atoms with van der Waals surface area (Å²) in [6.07, 6.45) is -1.10. The van der Waals surface area contributed by atoms with Gasteiger partial charge in [0.25, 0.3) is 5.91 Å². The number of hydrogen-bond acceptors (Lipinski definition) is 6. The molecule has 0 aliphatic carbocycles. The normalized spacial score (nSPS) is 11.6. The van der Waals surface area contributed by atoms with Gasteiger partial charge in [-0.15, -0.1) is 10.2 Å². The number of amides is 1. The van der Waals surface area contributed by atoms with Gasteiger partial charge in [0.15, 0.2) is 17.1 Å². The Morgan fingerprint density at radius 2 is 2.08 bits per heavy atom. The van der Waals surface area contributed by atoms with Gasteiger partial charge in [-0.05, 0) is 37.3 Å². The molecule has 0 aliphatic rings. The van der Waals surface area contributed by atoms with E-state index < -0.39 is 23.8 Å². The van der Waals surface area contributed by atoms with Gasteiger partial charge in [0.2, 0.25) is 0 Å². The van der Waals surface area contributed by atoms with Crippen LogP contribution in [-0.4, -0.2) is 41.8 Å². The van der Waals surface area contributed by atoms with Gasteiger partial charge in [-0.2, -0.15) is 0 Å². The molecule has 1 aromatic heterocycles. The smallest absolute Gasteiger partial charge is 0.326 e. The van der Waals surface area contributed by atoms with Crippen molar-refractivity contribution >= 4 is 50.9 Å². The van der Waals surface area contributed by atoms with E-state index in [1.165, 1.54) is 30.0 Å². The molecular formula is C16H15BrClFN4O3. The number of likely N-dealkylation sites (N-methyl/N-ethyl adjacent to an activating group) is 1. The van der Waals surface area contributed by atoms with Crippen LogP contribution in [0.1, 0.15) is 6.92 Å². The molecule has 138 valence electrons. The molecule has 1 unspecified atom stereocenters. The van der Waals surface area contributed by atoms with Crippen molar-refractivity contribution in [1.29, 1.82) is 0 Å². The molecule has 0 radical (unpaired) electrons. The zero-order valence-electron chi connectivity index (χ0n) is 13.9. The highest BCUT2D eigenvalue weighted by atomic mass is 79.9. The quantitative estimate of drug-likeness (QED) is 0.688. The summed E-state index contributed by atoms with van der Waals surface area (Å²) in [6.45, 7) is 1.24. The van der Waals surface area contributed by atoms with E-state index >= 15 is 0 Å². The fraction of sp³-hybridized carbons (Fsp3) is 0.250. The molecule has 26 heavy (non-hydrogen) atoms. The monoisotopic (exact) mass is 444 g/mol. The third-order valence-corrected chi connectivity index (χ3v) is 3.94. The number of ether oxygens (including phenoxy) is 1. The predicted molar refractivity (Wildman–Crippen MR) is 98.6 cm³/mol. The van der Waals surface area contributed by atoms with E-state index in [2.05, 4.69) is 31.4 Å². The van der Waals surface area contributed by atoms with Crippen molar-refractivity contribution in [2.45, 2.75) is 13.0 Å². The largest absolute Gasteiger partial charge is 0.451 e. The fourth-order valence-corrected chi connectivity index (χ4v) is 2.33. The van der Waals surface area contributed by atoms with Crippen molar-refractivity contribution in [3.05, 3.63) is 45.8 Å². The van der Waals surface area contributed by atoms with Crippen molar-refractivity contribution in [2.75, 3.05) is 23.8 Å². The summed E-state index contributed by atoms with van der Waals surface area (Å²) in [4.78, 5) is 25.5. The van der Waals surface area contributed by atoms with Crippen LogP contribution in [0, 0.1) is 5.82 Å². The van der Waals surface area contributed by atoms with Crippen molar-refractivity contribution in [3.8, 4) is 0 Å². The molecule has 2 rings (SSSR count). The van der Waals surface area contributed by atoms with E-state index in [0.29, 0.717) is 10.3 Å². The Hall–Kier alpha value is -2.26. The molecule has 0 bridgehead atoms. The van der Waals surface area contributed by atoms with Crippen molar-refractivity contribution in [2.24, 2.45) is 0 Å². The first-order valence-electron chi connectivity index (χ1n) is 7.42. The Morgan fingerprint density at radius 3 is 2.69 bits per heavy atom. The maximum Gasteiger partial charge on any atom is 0.326 e. The molecule has 0 saturated heterocycles. The first-order chi connectivity index (χ1) is 12.3. The van der Waals surface area contributed by atoms with Gasteiger partial charge in [-0.3, -0.25) is 9.59 Å². The zero-order chi connectivity index (χ0) is 19.3. The van der Waals surface area contributed by atoms with Gasteiger partial charge in [-0.1, -0.05) is 27.5 Å². The number of carbonyl (C=O) groups is 2. The van der Waals surface area contributed by atoms with Crippen LogP contribution in [-0.2, 0) is 14.3 Å². The first kappa shape index (κ1) is 20.1. The Labute approximate surface area is 162 Å². The highest BCUT2D eigenvalue weighted by molar-refractivity contribution is 9.10. The van der Waals surface area contributed by atoms with Crippen molar-refractivity contribution in [1.82, 2.24) is 10.2 Å². The predicted octanol–water partition coefficient (Wildman–Crippen LogP) is 3.04. The molecule has 1 N–H and O–H groups in total. The van der Waals surface area contributed by atoms with E-state index in [1.807, 2.05) is 0 Å². The van der Waals surface area contributed by atoms with Gasteiger partial charge in [0, 0.05) is 11.5 Å². The number of aromatic nitrogens is 2. The van der Waals surface area contributed by atoms with Crippen molar-refractivity contribution < 1.29 is 18.7 Å². The topological polar surface area (TPSA) is 84.4 Å². The third kappa shape index (κ3) is 5.63. The molecule has 0 aliphatic heterocycles. The summed E-state index contributed by atoms with van der Waals surface area (Å²) < 4.78 is 19.4. The second kappa shape index (κ2) is 8.91. The lowest BCUT2D eigenvalue weighted by Gasteiger charge is -2.18. The average Bonchev–Trinajstić information content (AvgIpc) is 2.57. The number of nitrogens with zero attached hydrogens (tertiary/aromatic N) is 3. The van der Waals surface area contributed by atoms with Crippen LogP contribution < -0.4 is 10.2 Å². The number of anilines is 2. The molecule has 1 heterocycles. The Kier molecular flexibility index (Phi) is 6.87. The zero-order valence-corrected chi connectivity index (χ0v) is 16.2. The molecule has 7 nitrogen and oxygen atoms in total. The standard InChI is InChI=1S/C16H15BrClFN4O3/c1-9(16(25)20-12-4-3-10(17)7-11(12)19)26-15(24)8-23(2)14-6-5-13(18)21-22-14/h3-7,9H,8H2,1-2H3,(H,20,25). The SMILES string of the molecule is CC(OC(=O)CN(C)c1ccc(Cl)nn1)C(=O)Nc1ccc(Br)cc1F. The van der Waals surface area contributed by atoms with Gasteiger partial charge < -0.3 is 15.0 Å². The Balaban J connectivity index is 1.89. The lowest BCUT2D eigenvalue weighted by molar-refractivity contribution is -0.151. The van der Waals surface area contributed by atoms with Gasteiger partial charge in [0.1, 0.15) is 12.4 Å². The highest BCUT2D eigenvalue weighted by Crippen LogP contribution is 2.19. The van der Waals surface area contributed by atoms with Crippen LogP contribution in [0.15, 0.2) is 34.8 Å². The summed E-state index contributed by atoms with van der Waals surface area (Å²) >= 11 is 8.78. The second-order valence-electron chi connectivity index (χ2n) is 5.32. The number of hydrogen-bond donors (Lipinski definition) is 1. The van der Waals surface area contributed by atoms with Crippen LogP contribution in [0.2, 0.25) is 5.15 Å². The number of halogens is 3. The molecule has 0 saturated carbocycles. The summed E-state index contributed by atoms with van der Waals surface area (Å²) in [5, 5.41) is 10.1. The van der Waals surface area contributed by atoms with E-state index in [9.17, 15) is 14.0 Å². The van der Waals surface area contributed by atoms with E-state index in [4.69, 9.17) is 16.3 Å². The number of nitrogens with one attached hydrogen (secondary N) is 1. The van der Waals surface area contributed by atoms with E-state index in [-0.39, 0.29) is 17.4 Å². The highest BCUT2D eigenvalue weighted by Gasteiger charge is 2.20. The molecule has 1 aromatic carbocycles. The summed E-state index contributed by atoms with van der Waals surface area (Å²) in [7, 11) is 1.61. The molecule has 0 spiro atoms. The summed E-state index contributed by atoms with van der Waals surface area (Å²) in [5.74, 6) is -1.48. The van der Waals surface area contributed by atoms with E-state index in [1.54, 1.807) is 19.2 Å². The number of carbonyl (C=O) groups excluding carboxylic acids is 2. The Bertz CT molecular complexity index is 807. The van der Waals surface area contributed by atoms with Crippen LogP contribution in [0.3, 0.4) is 0 Å². The number of esters is 1. The molecule has 2 aromatic rings. The molecule has 1 amide bonds. The minimum Gasteiger partial charge on any atom is -0.451 e. The minimum atomic E-state index is -1.10. The van der Waals surface area contributed by atoms with Crippen LogP contribution in [0.4, 0.5) is 15.9 Å². The third-order valence-electron chi connectivity index (χ3n) is 3.24. The maximum atomic E-state index is 13.7. The number of benzene rings is 1. The lowest BCUT2D eigenvalue weighted by Crippen LogP contribution is -2.35. The lowest BCUT2D eigenvalue weighted by atomic mass is 10.3. The molecule has 10 heteroatoms. The second-order valence-corrected chi connectivity index (χ2v) is 6.62. The van der Waals surface area contributed by atoms with Gasteiger partial charge in [0.05, 0.1) is 5.69 Å². The van der Waals surface area contributed by atoms with Gasteiger partial charge in [-0.25, -0.2) is 4.39 Å². The fourth-order valence-electron chi connectivity index (χ4n) is 1.90. The summed E-state index contributed by atoms with van der Waals surface area (Å²) in [5.41, 5.74) is -0.00495. The van der Waals surface area contributed by atoms with Crippen molar-refractivity contribution in [3.63, 3.8) is 0 Å². The maximum absolute atomic E-state index is 13.7. The number of rotatable bonds is 6. The van der Waals surface area contributed by atoms with Crippen LogP contribution in [0.5, 0.6) is 0 Å². The van der Waals surface area contributed by atoms with E-state index in [0.717, 1.165) is 0 Å². The first-order valence-corrected chi connectivity index (χ1v) is 8.59. The molecular weight excluding hydrogens is 431 g/mol. The van der Waals surface area contributed by atoms with Gasteiger partial charge >= 0.3 is 5.97 Å². The van der Waals surface area contributed by atoms with Crippen LogP contribution in [0.25, 0.3) is 0 Å². The Morgan fingerprint density at radius 1 is 1.35 bits per heavy atom.